The summed E-state index contributed by atoms with van der Waals surface area (Å²) in [6.45, 7) is 2.74. The van der Waals surface area contributed by atoms with Crippen LogP contribution in [0.5, 0.6) is 0 Å². The fraction of sp³-hybridized carbons (Fsp3) is 0.154. The first-order chi connectivity index (χ1) is 9.10. The Balaban J connectivity index is 2.09. The topological polar surface area (TPSA) is 72.9 Å². The number of carbonyl (C=O) groups excluding carboxylic acids is 1. The van der Waals surface area contributed by atoms with E-state index in [0.29, 0.717) is 16.2 Å². The molecule has 0 aliphatic heterocycles. The maximum Gasteiger partial charge on any atom is 0.255 e. The number of nitrogens with zero attached hydrogens (tertiary/aromatic N) is 2. The van der Waals surface area contributed by atoms with Crippen LogP contribution in [0.2, 0.25) is 0 Å². The monoisotopic (exact) mass is 274 g/mol. The molecule has 0 unspecified atom stereocenters. The number of nitrogens with two attached hydrogens (primary N) is 1. The first-order valence-corrected chi connectivity index (χ1v) is 6.24. The molecule has 2 aromatic rings. The quantitative estimate of drug-likeness (QED) is 0.834. The van der Waals surface area contributed by atoms with Crippen molar-refractivity contribution in [2.24, 2.45) is 5.73 Å². The van der Waals surface area contributed by atoms with Crippen molar-refractivity contribution < 1.29 is 4.79 Å². The molecule has 1 heterocycles. The van der Waals surface area contributed by atoms with Crippen molar-refractivity contribution in [3.05, 3.63) is 47.8 Å². The molecule has 0 atom stereocenters. The lowest BCUT2D eigenvalue weighted by molar-refractivity contribution is 0.102. The van der Waals surface area contributed by atoms with Gasteiger partial charge in [0.2, 0.25) is 0 Å². The SMILES string of the molecule is CCn1cc(NC(=O)c2ccc(C(N)=S)cc2)cn1. The average Bonchev–Trinajstić information content (AvgIpc) is 2.86. The second kappa shape index (κ2) is 5.62. The molecule has 98 valence electrons. The Morgan fingerprint density at radius 3 is 2.53 bits per heavy atom. The molecule has 6 heteroatoms. The lowest BCUT2D eigenvalue weighted by atomic mass is 10.1. The summed E-state index contributed by atoms with van der Waals surface area (Å²) in [6.07, 6.45) is 3.39. The molecule has 0 saturated carbocycles. The van der Waals surface area contributed by atoms with Crippen LogP contribution in [0.25, 0.3) is 0 Å². The summed E-state index contributed by atoms with van der Waals surface area (Å²) in [6, 6.07) is 6.83. The van der Waals surface area contributed by atoms with E-state index in [1.54, 1.807) is 41.3 Å². The van der Waals surface area contributed by atoms with E-state index in [2.05, 4.69) is 10.4 Å². The van der Waals surface area contributed by atoms with Crippen LogP contribution < -0.4 is 11.1 Å². The first-order valence-electron chi connectivity index (χ1n) is 5.84. The van der Waals surface area contributed by atoms with Gasteiger partial charge in [-0.2, -0.15) is 5.10 Å². The Kier molecular flexibility index (Phi) is 3.91. The molecule has 0 bridgehead atoms. The van der Waals surface area contributed by atoms with Gasteiger partial charge in [-0.1, -0.05) is 24.4 Å². The van der Waals surface area contributed by atoms with Crippen LogP contribution in [-0.4, -0.2) is 20.7 Å². The van der Waals surface area contributed by atoms with E-state index in [-0.39, 0.29) is 5.91 Å². The normalized spacial score (nSPS) is 10.2. The van der Waals surface area contributed by atoms with Crippen molar-refractivity contribution in [3.8, 4) is 0 Å². The van der Waals surface area contributed by atoms with E-state index in [4.69, 9.17) is 18.0 Å². The lowest BCUT2D eigenvalue weighted by Crippen LogP contribution is -2.13. The molecule has 5 nitrogen and oxygen atoms in total. The van der Waals surface area contributed by atoms with Gasteiger partial charge in [0.05, 0.1) is 11.9 Å². The third-order valence-electron chi connectivity index (χ3n) is 2.65. The molecular formula is C13H14N4OS. The number of aryl methyl sites for hydroxylation is 1. The maximum absolute atomic E-state index is 12.0. The molecule has 0 saturated heterocycles. The number of benzene rings is 1. The van der Waals surface area contributed by atoms with Gasteiger partial charge >= 0.3 is 0 Å². The highest BCUT2D eigenvalue weighted by molar-refractivity contribution is 7.80. The molecule has 19 heavy (non-hydrogen) atoms. The first kappa shape index (κ1) is 13.2. The van der Waals surface area contributed by atoms with Gasteiger partial charge < -0.3 is 11.1 Å². The smallest absolute Gasteiger partial charge is 0.255 e. The zero-order valence-corrected chi connectivity index (χ0v) is 11.3. The number of aromatic nitrogens is 2. The molecule has 0 fully saturated rings. The average molecular weight is 274 g/mol. The summed E-state index contributed by atoms with van der Waals surface area (Å²) in [4.78, 5) is 12.3. The number of hydrogen-bond donors (Lipinski definition) is 2. The number of thiocarbonyl (C=S) groups is 1. The van der Waals surface area contributed by atoms with Crippen molar-refractivity contribution in [3.63, 3.8) is 0 Å². The van der Waals surface area contributed by atoms with Gasteiger partial charge in [0.1, 0.15) is 4.99 Å². The Bertz CT molecular complexity index is 603. The second-order valence-electron chi connectivity index (χ2n) is 3.98. The van der Waals surface area contributed by atoms with E-state index in [1.165, 1.54) is 0 Å². The second-order valence-corrected chi connectivity index (χ2v) is 4.42. The molecule has 0 aliphatic carbocycles. The highest BCUT2D eigenvalue weighted by Gasteiger charge is 2.07. The minimum atomic E-state index is -0.190. The van der Waals surface area contributed by atoms with Gasteiger partial charge in [-0.3, -0.25) is 9.48 Å². The maximum atomic E-state index is 12.0. The van der Waals surface area contributed by atoms with Crippen LogP contribution in [0.1, 0.15) is 22.8 Å². The molecule has 1 aromatic carbocycles. The molecule has 0 spiro atoms. The third kappa shape index (κ3) is 3.17. The fourth-order valence-electron chi connectivity index (χ4n) is 1.59. The van der Waals surface area contributed by atoms with Crippen LogP contribution in [0.15, 0.2) is 36.7 Å². The molecule has 1 amide bonds. The predicted octanol–water partition coefficient (Wildman–Crippen LogP) is 1.79. The van der Waals surface area contributed by atoms with Crippen LogP contribution in [0, 0.1) is 0 Å². The Morgan fingerprint density at radius 1 is 1.37 bits per heavy atom. The van der Waals surface area contributed by atoms with Crippen molar-refractivity contribution >= 4 is 28.8 Å². The zero-order valence-electron chi connectivity index (χ0n) is 10.5. The standard InChI is InChI=1S/C13H14N4OS/c1-2-17-8-11(7-15-17)16-13(18)10-5-3-9(4-6-10)12(14)19/h3-8H,2H2,1H3,(H2,14,19)(H,16,18). The summed E-state index contributed by atoms with van der Waals surface area (Å²) < 4.78 is 1.74. The van der Waals surface area contributed by atoms with Crippen LogP contribution in [-0.2, 0) is 6.54 Å². The summed E-state index contributed by atoms with van der Waals surface area (Å²) in [5, 5.41) is 6.86. The van der Waals surface area contributed by atoms with E-state index in [0.717, 1.165) is 12.1 Å². The molecule has 3 N–H and O–H groups in total. The molecule has 2 rings (SSSR count). The van der Waals surface area contributed by atoms with Gasteiger partial charge in [0.25, 0.3) is 5.91 Å². The fourth-order valence-corrected chi connectivity index (χ4v) is 1.73. The lowest BCUT2D eigenvalue weighted by Gasteiger charge is -2.03. The largest absolute Gasteiger partial charge is 0.389 e. The van der Waals surface area contributed by atoms with Crippen molar-refractivity contribution in [2.75, 3.05) is 5.32 Å². The Hall–Kier alpha value is -2.21. The van der Waals surface area contributed by atoms with Gasteiger partial charge in [-0.15, -0.1) is 0 Å². The van der Waals surface area contributed by atoms with Crippen molar-refractivity contribution in [1.29, 1.82) is 0 Å². The van der Waals surface area contributed by atoms with Crippen LogP contribution in [0.3, 0.4) is 0 Å². The summed E-state index contributed by atoms with van der Waals surface area (Å²) in [5.74, 6) is -0.190. The van der Waals surface area contributed by atoms with Gasteiger partial charge in [-0.05, 0) is 19.1 Å². The Morgan fingerprint density at radius 2 is 2.00 bits per heavy atom. The summed E-state index contributed by atoms with van der Waals surface area (Å²) in [7, 11) is 0. The number of rotatable bonds is 4. The van der Waals surface area contributed by atoms with Crippen molar-refractivity contribution in [1.82, 2.24) is 9.78 Å². The summed E-state index contributed by atoms with van der Waals surface area (Å²) in [5.41, 5.74) is 7.46. The zero-order chi connectivity index (χ0) is 13.8. The highest BCUT2D eigenvalue weighted by atomic mass is 32.1. The van der Waals surface area contributed by atoms with E-state index in [1.807, 2.05) is 6.92 Å². The van der Waals surface area contributed by atoms with Gasteiger partial charge in [-0.25, -0.2) is 0 Å². The number of nitrogens with one attached hydrogen (secondary N) is 1. The molecule has 0 aliphatic rings. The van der Waals surface area contributed by atoms with E-state index >= 15 is 0 Å². The summed E-state index contributed by atoms with van der Waals surface area (Å²) >= 11 is 4.86. The highest BCUT2D eigenvalue weighted by Crippen LogP contribution is 2.09. The van der Waals surface area contributed by atoms with Gasteiger partial charge in [0.15, 0.2) is 0 Å². The van der Waals surface area contributed by atoms with E-state index in [9.17, 15) is 4.79 Å². The molecule has 1 aromatic heterocycles. The predicted molar refractivity (Wildman–Crippen MR) is 78.2 cm³/mol. The molecule has 0 radical (unpaired) electrons. The number of amides is 1. The number of carbonyl (C=O) groups is 1. The minimum absolute atomic E-state index is 0.190. The van der Waals surface area contributed by atoms with Crippen LogP contribution >= 0.6 is 12.2 Å². The van der Waals surface area contributed by atoms with E-state index < -0.39 is 0 Å². The minimum Gasteiger partial charge on any atom is -0.389 e. The number of anilines is 1. The van der Waals surface area contributed by atoms with Gasteiger partial charge in [0, 0.05) is 23.9 Å². The third-order valence-corrected chi connectivity index (χ3v) is 2.88. The van der Waals surface area contributed by atoms with Crippen molar-refractivity contribution in [2.45, 2.75) is 13.5 Å². The number of hydrogen-bond acceptors (Lipinski definition) is 3. The van der Waals surface area contributed by atoms with Crippen LogP contribution in [0.4, 0.5) is 5.69 Å². The molecular weight excluding hydrogens is 260 g/mol. The Labute approximate surface area is 116 Å².